The molecule has 106 valence electrons. The zero-order valence-electron chi connectivity index (χ0n) is 11.2. The van der Waals surface area contributed by atoms with Gasteiger partial charge in [-0.1, -0.05) is 12.1 Å². The number of nitrogens with zero attached hydrogens (tertiary/aromatic N) is 2. The van der Waals surface area contributed by atoms with E-state index in [0.29, 0.717) is 30.3 Å². The van der Waals surface area contributed by atoms with Gasteiger partial charge in [-0.25, -0.2) is 0 Å². The lowest BCUT2D eigenvalue weighted by Gasteiger charge is -2.26. The molecule has 0 spiro atoms. The lowest BCUT2D eigenvalue weighted by molar-refractivity contribution is -0.00549. The van der Waals surface area contributed by atoms with Gasteiger partial charge in [-0.2, -0.15) is 4.98 Å². The predicted octanol–water partition coefficient (Wildman–Crippen LogP) is 1.74. The zero-order chi connectivity index (χ0) is 13.2. The molecule has 2 heterocycles. The summed E-state index contributed by atoms with van der Waals surface area (Å²) in [5, 5.41) is 3.95. The van der Waals surface area contributed by atoms with E-state index >= 15 is 0 Å². The summed E-state index contributed by atoms with van der Waals surface area (Å²) in [6.07, 6.45) is 4.84. The summed E-state index contributed by atoms with van der Waals surface area (Å²) in [6.45, 7) is 3.33. The summed E-state index contributed by atoms with van der Waals surface area (Å²) < 4.78 is 16.5. The predicted molar refractivity (Wildman–Crippen MR) is 67.3 cm³/mol. The first-order valence-corrected chi connectivity index (χ1v) is 7.06. The van der Waals surface area contributed by atoms with Crippen LogP contribution in [0.15, 0.2) is 4.52 Å². The molecule has 3 rings (SSSR count). The van der Waals surface area contributed by atoms with Crippen LogP contribution >= 0.6 is 0 Å². The largest absolute Gasteiger partial charge is 0.376 e. The molecule has 2 aliphatic rings. The molecule has 19 heavy (non-hydrogen) atoms. The molecule has 6 nitrogen and oxygen atoms in total. The number of aromatic nitrogens is 2. The summed E-state index contributed by atoms with van der Waals surface area (Å²) in [4.78, 5) is 4.36. The Bertz CT molecular complexity index is 419. The fourth-order valence-electron chi connectivity index (χ4n) is 2.38. The van der Waals surface area contributed by atoms with E-state index in [1.807, 2.05) is 0 Å². The third-order valence-corrected chi connectivity index (χ3v) is 3.98. The standard InChI is InChI=1S/C13H21N3O3/c1-8-5-6-17-11(8)13-15-12(16-19-13)10(14)7-18-9-3-2-4-9/h8-11H,2-7,14H2,1H3. The van der Waals surface area contributed by atoms with Crippen LogP contribution in [0.2, 0.25) is 0 Å². The molecule has 2 fully saturated rings. The molecule has 6 heteroatoms. The van der Waals surface area contributed by atoms with E-state index in [4.69, 9.17) is 19.7 Å². The van der Waals surface area contributed by atoms with E-state index in [1.165, 1.54) is 6.42 Å². The maximum absolute atomic E-state index is 6.02. The van der Waals surface area contributed by atoms with E-state index in [0.717, 1.165) is 25.9 Å². The molecule has 1 aromatic rings. The summed E-state index contributed by atoms with van der Waals surface area (Å²) in [5.41, 5.74) is 6.02. The molecule has 1 saturated carbocycles. The van der Waals surface area contributed by atoms with Gasteiger partial charge in [-0.05, 0) is 31.6 Å². The Morgan fingerprint density at radius 3 is 2.89 bits per heavy atom. The minimum absolute atomic E-state index is 0.0824. The Labute approximate surface area is 112 Å². The molecule has 1 aromatic heterocycles. The second kappa shape index (κ2) is 5.56. The minimum Gasteiger partial charge on any atom is -0.376 e. The third-order valence-electron chi connectivity index (χ3n) is 3.98. The zero-order valence-corrected chi connectivity index (χ0v) is 11.2. The highest BCUT2D eigenvalue weighted by atomic mass is 16.5. The second-order valence-electron chi connectivity index (χ2n) is 5.54. The number of hydrogen-bond donors (Lipinski definition) is 1. The monoisotopic (exact) mass is 267 g/mol. The number of nitrogens with two attached hydrogens (primary N) is 1. The molecule has 1 saturated heterocycles. The maximum Gasteiger partial charge on any atom is 0.256 e. The van der Waals surface area contributed by atoms with Crippen LogP contribution in [0.25, 0.3) is 0 Å². The van der Waals surface area contributed by atoms with Gasteiger partial charge < -0.3 is 19.7 Å². The Morgan fingerprint density at radius 2 is 2.26 bits per heavy atom. The SMILES string of the molecule is CC1CCOC1c1nc(C(N)COC2CCC2)no1. The van der Waals surface area contributed by atoms with E-state index in [9.17, 15) is 0 Å². The number of hydrogen-bond acceptors (Lipinski definition) is 6. The molecule has 3 atom stereocenters. The average Bonchev–Trinajstić information content (AvgIpc) is 2.94. The first-order chi connectivity index (χ1) is 9.24. The van der Waals surface area contributed by atoms with Gasteiger partial charge in [0.1, 0.15) is 6.10 Å². The second-order valence-corrected chi connectivity index (χ2v) is 5.54. The highest BCUT2D eigenvalue weighted by molar-refractivity contribution is 4.98. The van der Waals surface area contributed by atoms with Crippen LogP contribution in [0.3, 0.4) is 0 Å². The maximum atomic E-state index is 6.02. The van der Waals surface area contributed by atoms with Crippen molar-refractivity contribution < 1.29 is 14.0 Å². The first kappa shape index (κ1) is 13.0. The van der Waals surface area contributed by atoms with Crippen molar-refractivity contribution in [2.45, 2.75) is 50.9 Å². The molecular formula is C13H21N3O3. The topological polar surface area (TPSA) is 83.4 Å². The van der Waals surface area contributed by atoms with Crippen molar-refractivity contribution in [3.05, 3.63) is 11.7 Å². The Kier molecular flexibility index (Phi) is 3.81. The summed E-state index contributed by atoms with van der Waals surface area (Å²) in [7, 11) is 0. The van der Waals surface area contributed by atoms with Crippen molar-refractivity contribution in [1.29, 1.82) is 0 Å². The van der Waals surface area contributed by atoms with Gasteiger partial charge in [-0.3, -0.25) is 0 Å². The molecular weight excluding hydrogens is 246 g/mol. The van der Waals surface area contributed by atoms with E-state index in [-0.39, 0.29) is 12.1 Å². The van der Waals surface area contributed by atoms with E-state index < -0.39 is 0 Å². The highest BCUT2D eigenvalue weighted by Crippen LogP contribution is 2.33. The van der Waals surface area contributed by atoms with Gasteiger partial charge in [-0.15, -0.1) is 0 Å². The normalized spacial score (nSPS) is 29.4. The lowest BCUT2D eigenvalue weighted by Crippen LogP contribution is -2.27. The van der Waals surface area contributed by atoms with Crippen molar-refractivity contribution in [2.75, 3.05) is 13.2 Å². The molecule has 3 unspecified atom stereocenters. The lowest BCUT2D eigenvalue weighted by atomic mass is 9.96. The van der Waals surface area contributed by atoms with Crippen molar-refractivity contribution >= 4 is 0 Å². The van der Waals surface area contributed by atoms with Gasteiger partial charge in [0.15, 0.2) is 5.82 Å². The smallest absolute Gasteiger partial charge is 0.256 e. The van der Waals surface area contributed by atoms with Crippen LogP contribution < -0.4 is 5.73 Å². The first-order valence-electron chi connectivity index (χ1n) is 7.06. The van der Waals surface area contributed by atoms with Gasteiger partial charge in [0.05, 0.1) is 18.8 Å². The summed E-state index contributed by atoms with van der Waals surface area (Å²) in [6, 6.07) is -0.324. The van der Waals surface area contributed by atoms with Crippen molar-refractivity contribution in [3.8, 4) is 0 Å². The fraction of sp³-hybridized carbons (Fsp3) is 0.846. The van der Waals surface area contributed by atoms with Gasteiger partial charge in [0, 0.05) is 6.61 Å². The average molecular weight is 267 g/mol. The van der Waals surface area contributed by atoms with Crippen molar-refractivity contribution in [3.63, 3.8) is 0 Å². The number of rotatable bonds is 5. The van der Waals surface area contributed by atoms with E-state index in [2.05, 4.69) is 17.1 Å². The van der Waals surface area contributed by atoms with Crippen LogP contribution in [0.5, 0.6) is 0 Å². The number of ether oxygens (including phenoxy) is 2. The van der Waals surface area contributed by atoms with E-state index in [1.54, 1.807) is 0 Å². The summed E-state index contributed by atoms with van der Waals surface area (Å²) in [5.74, 6) is 1.46. The van der Waals surface area contributed by atoms with Crippen LogP contribution in [-0.4, -0.2) is 29.5 Å². The van der Waals surface area contributed by atoms with Crippen LogP contribution in [0, 0.1) is 5.92 Å². The Morgan fingerprint density at radius 1 is 1.42 bits per heavy atom. The fourth-order valence-corrected chi connectivity index (χ4v) is 2.38. The quantitative estimate of drug-likeness (QED) is 0.874. The van der Waals surface area contributed by atoms with Gasteiger partial charge >= 0.3 is 0 Å². The molecule has 0 aromatic carbocycles. The van der Waals surface area contributed by atoms with Crippen molar-refractivity contribution in [1.82, 2.24) is 10.1 Å². The molecule has 1 aliphatic carbocycles. The van der Waals surface area contributed by atoms with Crippen LogP contribution in [0.4, 0.5) is 0 Å². The molecule has 1 aliphatic heterocycles. The van der Waals surface area contributed by atoms with Gasteiger partial charge in [0.25, 0.3) is 5.89 Å². The van der Waals surface area contributed by atoms with Crippen molar-refractivity contribution in [2.24, 2.45) is 11.7 Å². The minimum atomic E-state index is -0.324. The molecule has 0 radical (unpaired) electrons. The van der Waals surface area contributed by atoms with Gasteiger partial charge in [0.2, 0.25) is 0 Å². The van der Waals surface area contributed by atoms with Crippen LogP contribution in [0.1, 0.15) is 56.5 Å². The molecule has 0 amide bonds. The summed E-state index contributed by atoms with van der Waals surface area (Å²) >= 11 is 0. The third kappa shape index (κ3) is 2.80. The Hall–Kier alpha value is -0.980. The Balaban J connectivity index is 1.56. The molecule has 0 bridgehead atoms. The molecule has 2 N–H and O–H groups in total. The van der Waals surface area contributed by atoms with Crippen LogP contribution in [-0.2, 0) is 9.47 Å². The highest BCUT2D eigenvalue weighted by Gasteiger charge is 2.31.